The molecule has 27 heavy (non-hydrogen) atoms. The molecule has 1 heterocycles. The smallest absolute Gasteiger partial charge is 0.246 e. The summed E-state index contributed by atoms with van der Waals surface area (Å²) >= 11 is 0. The zero-order valence-electron chi connectivity index (χ0n) is 15.3. The fourth-order valence-corrected chi connectivity index (χ4v) is 2.76. The van der Waals surface area contributed by atoms with Crippen molar-refractivity contribution in [1.82, 2.24) is 9.78 Å². The first-order valence-corrected chi connectivity index (χ1v) is 8.76. The van der Waals surface area contributed by atoms with E-state index in [9.17, 15) is 9.59 Å². The summed E-state index contributed by atoms with van der Waals surface area (Å²) in [6.07, 6.45) is 1.22. The summed E-state index contributed by atoms with van der Waals surface area (Å²) in [7, 11) is 0. The van der Waals surface area contributed by atoms with Crippen molar-refractivity contribution in [3.63, 3.8) is 0 Å². The molecule has 0 radical (unpaired) electrons. The molecule has 0 fully saturated rings. The molecule has 1 amide bonds. The highest BCUT2D eigenvalue weighted by molar-refractivity contribution is 5.93. The predicted molar refractivity (Wildman–Crippen MR) is 103 cm³/mol. The minimum atomic E-state index is -0.286. The van der Waals surface area contributed by atoms with E-state index in [4.69, 9.17) is 9.47 Å². The monoisotopic (exact) mass is 367 g/mol. The zero-order chi connectivity index (χ0) is 19.2. The zero-order valence-corrected chi connectivity index (χ0v) is 15.3. The Bertz CT molecular complexity index is 1010. The molecule has 0 saturated heterocycles. The molecule has 3 rings (SSSR count). The van der Waals surface area contributed by atoms with Gasteiger partial charge in [0.25, 0.3) is 0 Å². The van der Waals surface area contributed by atoms with E-state index in [2.05, 4.69) is 10.4 Å². The summed E-state index contributed by atoms with van der Waals surface area (Å²) < 4.78 is 12.6. The SMILES string of the molecule is CCOc1ccc(OCC)c(NC(=O)Cn2ncc(=O)c3ccccc32)c1. The summed E-state index contributed by atoms with van der Waals surface area (Å²) in [5.74, 6) is 0.918. The molecule has 1 N–H and O–H groups in total. The van der Waals surface area contributed by atoms with E-state index in [0.29, 0.717) is 41.3 Å². The van der Waals surface area contributed by atoms with Crippen molar-refractivity contribution in [3.05, 3.63) is 58.9 Å². The number of aromatic nitrogens is 2. The Balaban J connectivity index is 1.85. The third kappa shape index (κ3) is 4.25. The molecule has 0 aliphatic carbocycles. The van der Waals surface area contributed by atoms with Gasteiger partial charge in [-0.25, -0.2) is 0 Å². The maximum absolute atomic E-state index is 12.6. The summed E-state index contributed by atoms with van der Waals surface area (Å²) in [6, 6.07) is 12.3. The van der Waals surface area contributed by atoms with E-state index in [1.54, 1.807) is 42.5 Å². The second-order valence-corrected chi connectivity index (χ2v) is 5.76. The van der Waals surface area contributed by atoms with Crippen LogP contribution >= 0.6 is 0 Å². The topological polar surface area (TPSA) is 82.4 Å². The normalized spacial score (nSPS) is 10.6. The molecule has 0 unspecified atom stereocenters. The summed E-state index contributed by atoms with van der Waals surface area (Å²) in [5, 5.41) is 7.44. The van der Waals surface area contributed by atoms with Gasteiger partial charge in [0.15, 0.2) is 0 Å². The van der Waals surface area contributed by atoms with E-state index < -0.39 is 0 Å². The second-order valence-electron chi connectivity index (χ2n) is 5.76. The maximum Gasteiger partial charge on any atom is 0.246 e. The lowest BCUT2D eigenvalue weighted by Gasteiger charge is -2.14. The lowest BCUT2D eigenvalue weighted by Crippen LogP contribution is -2.22. The molecule has 2 aromatic carbocycles. The molecular formula is C20H21N3O4. The van der Waals surface area contributed by atoms with Gasteiger partial charge in [0.05, 0.1) is 30.6 Å². The van der Waals surface area contributed by atoms with E-state index >= 15 is 0 Å². The Hall–Kier alpha value is -3.35. The largest absolute Gasteiger partial charge is 0.494 e. The number of fused-ring (bicyclic) bond motifs is 1. The summed E-state index contributed by atoms with van der Waals surface area (Å²) in [5.41, 5.74) is 0.955. The number of benzene rings is 2. The van der Waals surface area contributed by atoms with Crippen LogP contribution in [-0.4, -0.2) is 28.9 Å². The van der Waals surface area contributed by atoms with Crippen LogP contribution in [0.4, 0.5) is 5.69 Å². The molecule has 0 saturated carbocycles. The van der Waals surface area contributed by atoms with Crippen molar-refractivity contribution in [1.29, 1.82) is 0 Å². The van der Waals surface area contributed by atoms with Crippen molar-refractivity contribution in [3.8, 4) is 11.5 Å². The van der Waals surface area contributed by atoms with Crippen LogP contribution in [0.1, 0.15) is 13.8 Å². The number of amides is 1. The van der Waals surface area contributed by atoms with Crippen molar-refractivity contribution < 1.29 is 14.3 Å². The van der Waals surface area contributed by atoms with Crippen LogP contribution in [0.15, 0.2) is 53.5 Å². The number of ether oxygens (including phenoxy) is 2. The molecule has 7 nitrogen and oxygen atoms in total. The number of para-hydroxylation sites is 1. The number of hydrogen-bond acceptors (Lipinski definition) is 5. The summed E-state index contributed by atoms with van der Waals surface area (Å²) in [4.78, 5) is 24.5. The minimum absolute atomic E-state index is 0.0365. The third-order valence-corrected chi connectivity index (χ3v) is 3.89. The molecule has 0 aliphatic rings. The molecular weight excluding hydrogens is 346 g/mol. The molecule has 0 aliphatic heterocycles. The molecule has 140 valence electrons. The molecule has 1 aromatic heterocycles. The van der Waals surface area contributed by atoms with Gasteiger partial charge in [-0.1, -0.05) is 12.1 Å². The Morgan fingerprint density at radius 1 is 1.11 bits per heavy atom. The highest BCUT2D eigenvalue weighted by Gasteiger charge is 2.12. The van der Waals surface area contributed by atoms with Gasteiger partial charge in [0.1, 0.15) is 18.0 Å². The van der Waals surface area contributed by atoms with Crippen LogP contribution in [0.3, 0.4) is 0 Å². The van der Waals surface area contributed by atoms with Crippen LogP contribution in [0.25, 0.3) is 10.9 Å². The molecule has 3 aromatic rings. The highest BCUT2D eigenvalue weighted by Crippen LogP contribution is 2.29. The quantitative estimate of drug-likeness (QED) is 0.694. The minimum Gasteiger partial charge on any atom is -0.494 e. The second kappa shape index (κ2) is 8.35. The van der Waals surface area contributed by atoms with Crippen LogP contribution in [0.2, 0.25) is 0 Å². The average Bonchev–Trinajstić information content (AvgIpc) is 2.67. The molecule has 0 atom stereocenters. The fraction of sp³-hybridized carbons (Fsp3) is 0.250. The molecule has 0 spiro atoms. The van der Waals surface area contributed by atoms with E-state index in [0.717, 1.165) is 0 Å². The van der Waals surface area contributed by atoms with Gasteiger partial charge in [-0.2, -0.15) is 5.10 Å². The number of nitrogens with zero attached hydrogens (tertiary/aromatic N) is 2. The van der Waals surface area contributed by atoms with Crippen molar-refractivity contribution >= 4 is 22.5 Å². The van der Waals surface area contributed by atoms with Gasteiger partial charge in [-0.05, 0) is 38.1 Å². The lowest BCUT2D eigenvalue weighted by molar-refractivity contribution is -0.116. The van der Waals surface area contributed by atoms with Gasteiger partial charge in [-0.15, -0.1) is 0 Å². The Labute approximate surface area is 156 Å². The first-order valence-electron chi connectivity index (χ1n) is 8.76. The van der Waals surface area contributed by atoms with Gasteiger partial charge < -0.3 is 14.8 Å². The highest BCUT2D eigenvalue weighted by atomic mass is 16.5. The fourth-order valence-electron chi connectivity index (χ4n) is 2.76. The standard InChI is InChI=1S/C20H21N3O4/c1-3-26-14-9-10-19(27-4-2)16(11-14)22-20(25)13-23-17-8-6-5-7-15(17)18(24)12-21-23/h5-12H,3-4,13H2,1-2H3,(H,22,25). The van der Waals surface area contributed by atoms with Crippen LogP contribution in [-0.2, 0) is 11.3 Å². The predicted octanol–water partition coefficient (Wildman–Crippen LogP) is 2.83. The first-order chi connectivity index (χ1) is 13.1. The first kappa shape index (κ1) is 18.4. The van der Waals surface area contributed by atoms with Crippen LogP contribution < -0.4 is 20.2 Å². The summed E-state index contributed by atoms with van der Waals surface area (Å²) in [6.45, 7) is 4.73. The van der Waals surface area contributed by atoms with Crippen LogP contribution in [0, 0.1) is 0 Å². The lowest BCUT2D eigenvalue weighted by atomic mass is 10.2. The number of carbonyl (C=O) groups excluding carboxylic acids is 1. The number of nitrogens with one attached hydrogen (secondary N) is 1. The van der Waals surface area contributed by atoms with Gasteiger partial charge in [0, 0.05) is 11.5 Å². The van der Waals surface area contributed by atoms with Gasteiger partial charge in [-0.3, -0.25) is 14.3 Å². The van der Waals surface area contributed by atoms with Crippen molar-refractivity contribution in [2.75, 3.05) is 18.5 Å². The van der Waals surface area contributed by atoms with E-state index in [-0.39, 0.29) is 17.9 Å². The van der Waals surface area contributed by atoms with Crippen molar-refractivity contribution in [2.24, 2.45) is 0 Å². The third-order valence-electron chi connectivity index (χ3n) is 3.89. The average molecular weight is 367 g/mol. The Kier molecular flexibility index (Phi) is 5.71. The maximum atomic E-state index is 12.6. The van der Waals surface area contributed by atoms with E-state index in [1.165, 1.54) is 10.9 Å². The number of anilines is 1. The Morgan fingerprint density at radius 2 is 1.89 bits per heavy atom. The molecule has 0 bridgehead atoms. The molecule has 7 heteroatoms. The number of hydrogen-bond donors (Lipinski definition) is 1. The van der Waals surface area contributed by atoms with Gasteiger partial charge >= 0.3 is 0 Å². The van der Waals surface area contributed by atoms with Crippen molar-refractivity contribution in [2.45, 2.75) is 20.4 Å². The van der Waals surface area contributed by atoms with Crippen LogP contribution in [0.5, 0.6) is 11.5 Å². The van der Waals surface area contributed by atoms with Gasteiger partial charge in [0.2, 0.25) is 11.3 Å². The van der Waals surface area contributed by atoms with E-state index in [1.807, 2.05) is 13.8 Å². The number of carbonyl (C=O) groups is 1. The Morgan fingerprint density at radius 3 is 2.67 bits per heavy atom. The number of rotatable bonds is 7.